The summed E-state index contributed by atoms with van der Waals surface area (Å²) in [6.45, 7) is 4.30. The van der Waals surface area contributed by atoms with E-state index in [1.807, 2.05) is 0 Å². The van der Waals surface area contributed by atoms with Gasteiger partial charge in [-0.15, -0.1) is 0 Å². The third-order valence-corrected chi connectivity index (χ3v) is 10.5. The summed E-state index contributed by atoms with van der Waals surface area (Å²) < 4.78 is 16.5. The van der Waals surface area contributed by atoms with Gasteiger partial charge in [-0.2, -0.15) is 0 Å². The zero-order valence-electron chi connectivity index (χ0n) is 33.1. The largest absolute Gasteiger partial charge is 0.390 e. The van der Waals surface area contributed by atoms with E-state index in [9.17, 15) is 25.2 Å². The highest BCUT2D eigenvalue weighted by Crippen LogP contribution is 2.36. The molecule has 2 heterocycles. The molecule has 0 bridgehead atoms. The van der Waals surface area contributed by atoms with Crippen molar-refractivity contribution in [3.63, 3.8) is 0 Å². The molecular formula is C43H79NO8. The van der Waals surface area contributed by atoms with Crippen LogP contribution in [0.4, 0.5) is 0 Å². The third kappa shape index (κ3) is 22.1. The minimum Gasteiger partial charge on any atom is -0.390 e. The molecule has 9 heteroatoms. The average molecular weight is 738 g/mol. The maximum Gasteiger partial charge on any atom is 0.220 e. The van der Waals surface area contributed by atoms with Crippen molar-refractivity contribution in [2.75, 3.05) is 6.61 Å². The lowest BCUT2D eigenvalue weighted by Gasteiger charge is -2.32. The molecule has 52 heavy (non-hydrogen) atoms. The fraction of sp³-hybridized carbons (Fsp3) is 0.884. The molecule has 0 spiro atoms. The van der Waals surface area contributed by atoms with Gasteiger partial charge in [0.25, 0.3) is 0 Å². The van der Waals surface area contributed by atoms with Crippen LogP contribution in [0, 0.1) is 0 Å². The number of rotatable bonds is 35. The standard InChI is InChI=1S/C43H79NO8/c1-3-5-7-9-11-13-15-17-18-19-20-21-23-25-27-29-31-33-37(46)44-35(34-50-42-40(49)39(48)41-43(51-41)52-42)38(47)36(45)32-30-28-26-24-22-16-14-12-10-8-6-4-2/h11,13,17-18,35-36,38-43,45,47-49H,3-10,12,14-16,19-34H2,1-2H3,(H,44,46)/b13-11-,18-17-/t35-,36+,38-,39?,40?,41+,42?,43?/m0/s1. The van der Waals surface area contributed by atoms with Crippen LogP contribution >= 0.6 is 0 Å². The predicted molar refractivity (Wildman–Crippen MR) is 210 cm³/mol. The first-order chi connectivity index (χ1) is 25.4. The van der Waals surface area contributed by atoms with Crippen molar-refractivity contribution >= 4 is 5.91 Å². The second-order valence-electron chi connectivity index (χ2n) is 15.4. The van der Waals surface area contributed by atoms with Crippen molar-refractivity contribution in [3.8, 4) is 0 Å². The Balaban J connectivity index is 1.62. The van der Waals surface area contributed by atoms with Crippen LogP contribution in [0.2, 0.25) is 0 Å². The van der Waals surface area contributed by atoms with E-state index in [-0.39, 0.29) is 12.5 Å². The highest BCUT2D eigenvalue weighted by molar-refractivity contribution is 5.76. The summed E-state index contributed by atoms with van der Waals surface area (Å²) in [5, 5.41) is 45.4. The predicted octanol–water partition coefficient (Wildman–Crippen LogP) is 8.70. The van der Waals surface area contributed by atoms with Gasteiger partial charge in [0.15, 0.2) is 12.6 Å². The molecular weight excluding hydrogens is 658 g/mol. The molecule has 5 N–H and O–H groups in total. The number of nitrogens with one attached hydrogen (secondary N) is 1. The fourth-order valence-corrected chi connectivity index (χ4v) is 6.95. The molecule has 0 aromatic heterocycles. The topological polar surface area (TPSA) is 141 Å². The Morgan fingerprint density at radius 1 is 0.654 bits per heavy atom. The van der Waals surface area contributed by atoms with Gasteiger partial charge >= 0.3 is 0 Å². The van der Waals surface area contributed by atoms with E-state index < -0.39 is 49.1 Å². The molecule has 0 aromatic carbocycles. The molecule has 8 atom stereocenters. The molecule has 304 valence electrons. The lowest BCUT2D eigenvalue weighted by Crippen LogP contribution is -2.54. The third-order valence-electron chi connectivity index (χ3n) is 10.5. The number of aliphatic hydroxyl groups excluding tert-OH is 4. The molecule has 0 aromatic rings. The van der Waals surface area contributed by atoms with Crippen molar-refractivity contribution in [2.24, 2.45) is 0 Å². The number of epoxide rings is 1. The van der Waals surface area contributed by atoms with E-state index in [0.29, 0.717) is 12.8 Å². The summed E-state index contributed by atoms with van der Waals surface area (Å²) in [4.78, 5) is 12.9. The average Bonchev–Trinajstić information content (AvgIpc) is 3.93. The highest BCUT2D eigenvalue weighted by atomic mass is 16.8. The van der Waals surface area contributed by atoms with Crippen LogP contribution in [-0.2, 0) is 19.0 Å². The number of carbonyl (C=O) groups is 1. The summed E-state index contributed by atoms with van der Waals surface area (Å²) >= 11 is 0. The van der Waals surface area contributed by atoms with E-state index in [1.165, 1.54) is 103 Å². The summed E-state index contributed by atoms with van der Waals surface area (Å²) in [6.07, 6.45) is 32.3. The molecule has 0 saturated carbocycles. The second kappa shape index (κ2) is 30.9. The maximum absolute atomic E-state index is 12.9. The minimum atomic E-state index is -1.31. The van der Waals surface area contributed by atoms with Gasteiger partial charge in [0.1, 0.15) is 24.4 Å². The number of ether oxygens (including phenoxy) is 3. The normalized spacial score (nSPS) is 23.2. The summed E-state index contributed by atoms with van der Waals surface area (Å²) in [6, 6.07) is -0.888. The van der Waals surface area contributed by atoms with Gasteiger partial charge in [0, 0.05) is 6.42 Å². The monoisotopic (exact) mass is 738 g/mol. The van der Waals surface area contributed by atoms with Crippen LogP contribution in [0.3, 0.4) is 0 Å². The van der Waals surface area contributed by atoms with Crippen LogP contribution in [-0.4, -0.2) is 82.1 Å². The second-order valence-corrected chi connectivity index (χ2v) is 15.4. The molecule has 9 nitrogen and oxygen atoms in total. The summed E-state index contributed by atoms with van der Waals surface area (Å²) in [5.74, 6) is -0.205. The molecule has 2 aliphatic rings. The first kappa shape index (κ1) is 46.8. The molecule has 4 unspecified atom stereocenters. The van der Waals surface area contributed by atoms with E-state index in [4.69, 9.17) is 14.2 Å². The van der Waals surface area contributed by atoms with E-state index in [1.54, 1.807) is 0 Å². The number of hydrogen-bond acceptors (Lipinski definition) is 8. The van der Waals surface area contributed by atoms with Gasteiger partial charge in [-0.1, -0.05) is 160 Å². The van der Waals surface area contributed by atoms with Crippen LogP contribution in [0.25, 0.3) is 0 Å². The molecule has 0 aliphatic carbocycles. The van der Waals surface area contributed by atoms with E-state index >= 15 is 0 Å². The van der Waals surface area contributed by atoms with Gasteiger partial charge in [0.2, 0.25) is 5.91 Å². The van der Waals surface area contributed by atoms with Crippen LogP contribution in [0.1, 0.15) is 187 Å². The maximum atomic E-state index is 12.9. The van der Waals surface area contributed by atoms with Gasteiger partial charge in [-0.3, -0.25) is 4.79 Å². The van der Waals surface area contributed by atoms with Gasteiger partial charge < -0.3 is 40.0 Å². The molecule has 2 fully saturated rings. The lowest BCUT2D eigenvalue weighted by molar-refractivity contribution is -0.247. The quantitative estimate of drug-likeness (QED) is 0.0247. The van der Waals surface area contributed by atoms with Gasteiger partial charge in [0.05, 0.1) is 18.8 Å². The summed E-state index contributed by atoms with van der Waals surface area (Å²) in [7, 11) is 0. The number of aliphatic hydroxyl groups is 4. The van der Waals surface area contributed by atoms with Crippen molar-refractivity contribution in [1.82, 2.24) is 5.32 Å². The number of hydrogen-bond donors (Lipinski definition) is 5. The Labute approximate surface area is 317 Å². The van der Waals surface area contributed by atoms with Crippen molar-refractivity contribution in [3.05, 3.63) is 24.3 Å². The van der Waals surface area contributed by atoms with Gasteiger partial charge in [-0.25, -0.2) is 0 Å². The van der Waals surface area contributed by atoms with Crippen molar-refractivity contribution in [1.29, 1.82) is 0 Å². The first-order valence-corrected chi connectivity index (χ1v) is 21.6. The van der Waals surface area contributed by atoms with Gasteiger partial charge in [-0.05, 0) is 44.9 Å². The summed E-state index contributed by atoms with van der Waals surface area (Å²) in [5.41, 5.74) is 0. The Bertz CT molecular complexity index is 916. The van der Waals surface area contributed by atoms with E-state index in [0.717, 1.165) is 57.8 Å². The molecule has 0 radical (unpaired) electrons. The number of carbonyl (C=O) groups excluding carboxylic acids is 1. The number of amides is 1. The van der Waals surface area contributed by atoms with Crippen LogP contribution < -0.4 is 5.32 Å². The molecule has 2 rings (SSSR count). The van der Waals surface area contributed by atoms with Crippen molar-refractivity contribution in [2.45, 2.75) is 236 Å². The number of fused-ring (bicyclic) bond motifs is 1. The minimum absolute atomic E-state index is 0.181. The van der Waals surface area contributed by atoms with E-state index in [2.05, 4.69) is 43.5 Å². The Kier molecular flexibility index (Phi) is 27.9. The van der Waals surface area contributed by atoms with Crippen LogP contribution in [0.5, 0.6) is 0 Å². The zero-order chi connectivity index (χ0) is 37.7. The molecule has 2 aliphatic heterocycles. The first-order valence-electron chi connectivity index (χ1n) is 21.6. The van der Waals surface area contributed by atoms with Crippen molar-refractivity contribution < 1.29 is 39.4 Å². The number of allylic oxidation sites excluding steroid dienone is 4. The highest BCUT2D eigenvalue weighted by Gasteiger charge is 2.56. The Morgan fingerprint density at radius 2 is 1.15 bits per heavy atom. The number of unbranched alkanes of at least 4 members (excludes halogenated alkanes) is 21. The SMILES string of the molecule is CCCCC/C=C\C/C=C\CCCCCCCCCC(=O)N[C@@H](COC1OC2O[C@@H]2C(O)C1O)[C@H](O)[C@H](O)CCCCCCCCCCCCCC. The Hall–Kier alpha value is -1.33. The fourth-order valence-electron chi connectivity index (χ4n) is 6.95. The lowest BCUT2D eigenvalue weighted by atomic mass is 9.99. The zero-order valence-corrected chi connectivity index (χ0v) is 33.1. The van der Waals surface area contributed by atoms with Crippen LogP contribution in [0.15, 0.2) is 24.3 Å². The molecule has 2 saturated heterocycles. The Morgan fingerprint density at radius 3 is 1.75 bits per heavy atom. The molecule has 1 amide bonds. The smallest absolute Gasteiger partial charge is 0.220 e.